The monoisotopic (exact) mass is 833 g/mol. The van der Waals surface area contributed by atoms with E-state index >= 15 is 0 Å². The SMILES string of the molecule is CCC(C)C(C(=O)NC(Cc1ccccc1)CC(O)C(Cc1ccc(-c2ccccn2)cc1)NC(=O)N(CC(C)(C)C)C(=O)OC)N1CC(=O)N(Cc2cccc(C)n2)C1=O. The number of ether oxygens (including phenoxy) is 1. The van der Waals surface area contributed by atoms with Crippen molar-refractivity contribution in [2.24, 2.45) is 11.3 Å². The van der Waals surface area contributed by atoms with Crippen LogP contribution < -0.4 is 10.6 Å². The third-order valence-electron chi connectivity index (χ3n) is 10.8. The fourth-order valence-electron chi connectivity index (χ4n) is 7.47. The first-order valence-corrected chi connectivity index (χ1v) is 20.8. The van der Waals surface area contributed by atoms with Crippen LogP contribution in [-0.2, 0) is 33.7 Å². The molecule has 0 bridgehead atoms. The lowest BCUT2D eigenvalue weighted by atomic mass is 9.92. The van der Waals surface area contributed by atoms with Crippen LogP contribution in [0.1, 0.15) is 70.0 Å². The summed E-state index contributed by atoms with van der Waals surface area (Å²) in [5.74, 6) is -1.22. The highest BCUT2D eigenvalue weighted by molar-refractivity contribution is 6.04. The van der Waals surface area contributed by atoms with E-state index in [1.165, 1.54) is 12.0 Å². The van der Waals surface area contributed by atoms with E-state index in [9.17, 15) is 29.1 Å². The lowest BCUT2D eigenvalue weighted by molar-refractivity contribution is -0.128. The molecule has 0 aliphatic carbocycles. The van der Waals surface area contributed by atoms with E-state index in [0.29, 0.717) is 18.5 Å². The van der Waals surface area contributed by atoms with Gasteiger partial charge in [0, 0.05) is 30.0 Å². The number of nitrogens with one attached hydrogen (secondary N) is 2. The summed E-state index contributed by atoms with van der Waals surface area (Å²) in [5.41, 5.74) is 4.22. The fourth-order valence-corrected chi connectivity index (χ4v) is 7.47. The van der Waals surface area contributed by atoms with Gasteiger partial charge in [0.15, 0.2) is 0 Å². The number of hydrogen-bond donors (Lipinski definition) is 3. The van der Waals surface area contributed by atoms with E-state index in [4.69, 9.17) is 4.74 Å². The summed E-state index contributed by atoms with van der Waals surface area (Å²) in [6.45, 7) is 11.0. The van der Waals surface area contributed by atoms with Crippen molar-refractivity contribution in [3.63, 3.8) is 0 Å². The highest BCUT2D eigenvalue weighted by atomic mass is 16.5. The quantitative estimate of drug-likeness (QED) is 0.0998. The molecule has 2 aromatic heterocycles. The summed E-state index contributed by atoms with van der Waals surface area (Å²) in [6.07, 6.45) is 0.656. The molecule has 3 N–H and O–H groups in total. The van der Waals surface area contributed by atoms with Gasteiger partial charge in [-0.25, -0.2) is 19.3 Å². The maximum absolute atomic E-state index is 14.5. The molecule has 5 atom stereocenters. The van der Waals surface area contributed by atoms with Crippen molar-refractivity contribution in [2.45, 2.75) is 98.0 Å². The topological polar surface area (TPSA) is 174 Å². The Morgan fingerprint density at radius 2 is 1.59 bits per heavy atom. The first-order valence-electron chi connectivity index (χ1n) is 20.8. The molecule has 14 heteroatoms. The Morgan fingerprint density at radius 3 is 2.21 bits per heavy atom. The van der Waals surface area contributed by atoms with Gasteiger partial charge in [0.1, 0.15) is 12.6 Å². The Kier molecular flexibility index (Phi) is 15.7. The van der Waals surface area contributed by atoms with Crippen molar-refractivity contribution in [1.29, 1.82) is 0 Å². The predicted molar refractivity (Wildman–Crippen MR) is 232 cm³/mol. The van der Waals surface area contributed by atoms with Gasteiger partial charge in [-0.3, -0.25) is 24.5 Å². The highest BCUT2D eigenvalue weighted by Crippen LogP contribution is 2.25. The lowest BCUT2D eigenvalue weighted by Gasteiger charge is -2.34. The van der Waals surface area contributed by atoms with Crippen molar-refractivity contribution in [3.8, 4) is 11.3 Å². The van der Waals surface area contributed by atoms with E-state index in [1.807, 2.05) is 126 Å². The number of pyridine rings is 2. The summed E-state index contributed by atoms with van der Waals surface area (Å²) in [4.78, 5) is 80.9. The number of hydrogen-bond acceptors (Lipinski definition) is 9. The van der Waals surface area contributed by atoms with Gasteiger partial charge in [-0.15, -0.1) is 0 Å². The van der Waals surface area contributed by atoms with Crippen LogP contribution in [0.25, 0.3) is 11.3 Å². The van der Waals surface area contributed by atoms with Crippen molar-refractivity contribution in [3.05, 3.63) is 120 Å². The number of amides is 7. The second-order valence-corrected chi connectivity index (χ2v) is 17.0. The van der Waals surface area contributed by atoms with E-state index < -0.39 is 59.6 Å². The average Bonchev–Trinajstić information content (AvgIpc) is 3.50. The number of imide groups is 2. The van der Waals surface area contributed by atoms with Crippen molar-refractivity contribution < 1.29 is 33.8 Å². The average molecular weight is 834 g/mol. The number of carbonyl (C=O) groups is 5. The number of benzene rings is 2. The molecular formula is C47H59N7O7. The van der Waals surface area contributed by atoms with Gasteiger partial charge in [0.25, 0.3) is 5.91 Å². The highest BCUT2D eigenvalue weighted by Gasteiger charge is 2.45. The first-order chi connectivity index (χ1) is 29.1. The minimum absolute atomic E-state index is 0.0135. The molecule has 0 spiro atoms. The van der Waals surface area contributed by atoms with Gasteiger partial charge < -0.3 is 25.4 Å². The molecule has 14 nitrogen and oxygen atoms in total. The second kappa shape index (κ2) is 20.9. The normalized spacial score (nSPS) is 15.4. The maximum atomic E-state index is 14.5. The second-order valence-electron chi connectivity index (χ2n) is 17.0. The van der Waals surface area contributed by atoms with Gasteiger partial charge >= 0.3 is 18.2 Å². The number of carbonyl (C=O) groups excluding carboxylic acids is 5. The zero-order chi connectivity index (χ0) is 44.3. The van der Waals surface area contributed by atoms with Crippen molar-refractivity contribution >= 4 is 30.0 Å². The molecule has 324 valence electrons. The molecule has 0 saturated carbocycles. The molecular weight excluding hydrogens is 775 g/mol. The molecule has 5 rings (SSSR count). The number of urea groups is 2. The molecule has 1 saturated heterocycles. The van der Waals surface area contributed by atoms with Crippen LogP contribution in [-0.4, -0.2) is 104 Å². The number of rotatable bonds is 17. The summed E-state index contributed by atoms with van der Waals surface area (Å²) in [6, 6.07) is 24.2. The number of aliphatic hydroxyl groups excluding tert-OH is 1. The van der Waals surface area contributed by atoms with Crippen LogP contribution in [0, 0.1) is 18.3 Å². The smallest absolute Gasteiger partial charge is 0.417 e. The first kappa shape index (κ1) is 45.9. The van der Waals surface area contributed by atoms with Crippen LogP contribution in [0.2, 0.25) is 0 Å². The molecule has 3 heterocycles. The van der Waals surface area contributed by atoms with Crippen LogP contribution in [0.15, 0.2) is 97.2 Å². The molecule has 61 heavy (non-hydrogen) atoms. The Bertz CT molecular complexity index is 2110. The summed E-state index contributed by atoms with van der Waals surface area (Å²) >= 11 is 0. The fraction of sp³-hybridized carbons (Fsp3) is 0.426. The molecule has 5 unspecified atom stereocenters. The number of aliphatic hydroxyl groups is 1. The number of aryl methyl sites for hydroxylation is 1. The van der Waals surface area contributed by atoms with Gasteiger partial charge in [-0.2, -0.15) is 0 Å². The minimum atomic E-state index is -1.24. The molecule has 1 fully saturated rings. The predicted octanol–water partition coefficient (Wildman–Crippen LogP) is 6.54. The zero-order valence-electron chi connectivity index (χ0n) is 36.2. The minimum Gasteiger partial charge on any atom is -0.452 e. The van der Waals surface area contributed by atoms with Crippen molar-refractivity contribution in [2.75, 3.05) is 20.2 Å². The van der Waals surface area contributed by atoms with E-state index in [-0.39, 0.29) is 38.4 Å². The number of nitrogens with zero attached hydrogens (tertiary/aromatic N) is 5. The van der Waals surface area contributed by atoms with Gasteiger partial charge in [-0.05, 0) is 72.9 Å². The van der Waals surface area contributed by atoms with Gasteiger partial charge in [-0.1, -0.05) is 108 Å². The van der Waals surface area contributed by atoms with Crippen LogP contribution in [0.5, 0.6) is 0 Å². The summed E-state index contributed by atoms with van der Waals surface area (Å²) in [7, 11) is 1.20. The van der Waals surface area contributed by atoms with Crippen molar-refractivity contribution in [1.82, 2.24) is 35.3 Å². The Hall–Kier alpha value is -6.15. The Balaban J connectivity index is 1.43. The van der Waals surface area contributed by atoms with Crippen LogP contribution in [0.4, 0.5) is 14.4 Å². The Morgan fingerprint density at radius 1 is 0.902 bits per heavy atom. The molecule has 2 aromatic carbocycles. The third kappa shape index (κ3) is 12.7. The zero-order valence-corrected chi connectivity index (χ0v) is 36.2. The largest absolute Gasteiger partial charge is 0.452 e. The molecule has 0 radical (unpaired) electrons. The maximum Gasteiger partial charge on any atom is 0.417 e. The van der Waals surface area contributed by atoms with Crippen LogP contribution >= 0.6 is 0 Å². The van der Waals surface area contributed by atoms with Gasteiger partial charge in [0.05, 0.1) is 37.2 Å². The number of aromatic nitrogens is 2. The van der Waals surface area contributed by atoms with E-state index in [2.05, 4.69) is 20.6 Å². The molecule has 1 aliphatic heterocycles. The molecule has 4 aromatic rings. The number of methoxy groups -OCH3 is 1. The lowest BCUT2D eigenvalue weighted by Crippen LogP contribution is -2.56. The van der Waals surface area contributed by atoms with Crippen LogP contribution in [0.3, 0.4) is 0 Å². The Labute approximate surface area is 358 Å². The van der Waals surface area contributed by atoms with E-state index in [1.54, 1.807) is 12.3 Å². The molecule has 1 aliphatic rings. The summed E-state index contributed by atoms with van der Waals surface area (Å²) < 4.78 is 4.97. The third-order valence-corrected chi connectivity index (χ3v) is 10.8. The van der Waals surface area contributed by atoms with E-state index in [0.717, 1.165) is 37.9 Å². The molecule has 7 amide bonds. The standard InChI is InChI=1S/C47H59N7O7/c1-8-31(2)42(53-29-41(56)52(45(53)59)28-36-18-14-15-32(3)49-36)43(57)50-37(25-33-16-10-9-11-17-33)27-40(55)39(51-44(58)54(46(60)61-7)30-47(4,5)6)26-34-20-22-35(23-21-34)38-19-12-13-24-48-38/h9-24,31,37,39-40,42,55H,8,25-30H2,1-7H3,(H,50,57)(H,51,58). The van der Waals surface area contributed by atoms with Gasteiger partial charge in [0.2, 0.25) is 5.91 Å². The summed E-state index contributed by atoms with van der Waals surface area (Å²) in [5, 5.41) is 18.2.